The van der Waals surface area contributed by atoms with Crippen molar-refractivity contribution in [3.8, 4) is 28.6 Å². The number of hydrogen-bond donors (Lipinski definition) is 1. The molecule has 190 valence electrons. The highest BCUT2D eigenvalue weighted by molar-refractivity contribution is 5.76. The summed E-state index contributed by atoms with van der Waals surface area (Å²) < 4.78 is 16.4. The van der Waals surface area contributed by atoms with E-state index in [9.17, 15) is 9.59 Å². The predicted molar refractivity (Wildman–Crippen MR) is 136 cm³/mol. The molecule has 0 radical (unpaired) electrons. The Morgan fingerprint density at radius 2 is 1.86 bits per heavy atom. The number of carbonyl (C=O) groups excluding carboxylic acids is 1. The molecule has 9 heteroatoms. The predicted octanol–water partition coefficient (Wildman–Crippen LogP) is 3.27. The highest BCUT2D eigenvalue weighted by atomic mass is 16.5. The van der Waals surface area contributed by atoms with Crippen LogP contribution in [0.5, 0.6) is 17.2 Å². The van der Waals surface area contributed by atoms with Gasteiger partial charge in [-0.05, 0) is 55.0 Å². The van der Waals surface area contributed by atoms with Crippen LogP contribution in [-0.4, -0.2) is 60.4 Å². The average Bonchev–Trinajstić information content (AvgIpc) is 3.74. The zero-order chi connectivity index (χ0) is 25.5. The Labute approximate surface area is 210 Å². The molecule has 0 unspecified atom stereocenters. The van der Waals surface area contributed by atoms with Gasteiger partial charge in [-0.15, -0.1) is 10.2 Å². The topological polar surface area (TPSA) is 107 Å². The molecule has 0 spiro atoms. The van der Waals surface area contributed by atoms with E-state index in [-0.39, 0.29) is 30.0 Å². The third-order valence-corrected chi connectivity index (χ3v) is 6.24. The van der Waals surface area contributed by atoms with E-state index in [1.54, 1.807) is 26.2 Å². The minimum Gasteiger partial charge on any atom is -0.493 e. The van der Waals surface area contributed by atoms with Crippen molar-refractivity contribution in [3.63, 3.8) is 0 Å². The van der Waals surface area contributed by atoms with Crippen LogP contribution in [0.4, 0.5) is 0 Å². The fourth-order valence-corrected chi connectivity index (χ4v) is 3.76. The number of rotatable bonds is 12. The number of aromatic nitrogens is 3. The number of methoxy groups -OCH3 is 2. The van der Waals surface area contributed by atoms with Crippen LogP contribution in [0.3, 0.4) is 0 Å². The molecule has 9 nitrogen and oxygen atoms in total. The fourth-order valence-electron chi connectivity index (χ4n) is 3.76. The first-order chi connectivity index (χ1) is 17.5. The maximum atomic E-state index is 12.6. The molecule has 0 bridgehead atoms. The van der Waals surface area contributed by atoms with E-state index in [1.807, 2.05) is 42.5 Å². The molecule has 3 aromatic rings. The van der Waals surface area contributed by atoms with E-state index in [1.165, 1.54) is 12.8 Å². The lowest BCUT2D eigenvalue weighted by Crippen LogP contribution is -2.30. The molecule has 1 aromatic heterocycles. The molecular formula is C27H32N4O5. The van der Waals surface area contributed by atoms with Crippen LogP contribution < -0.4 is 19.8 Å². The van der Waals surface area contributed by atoms with Gasteiger partial charge in [0.05, 0.1) is 20.8 Å². The summed E-state index contributed by atoms with van der Waals surface area (Å²) in [5, 5.41) is 8.28. The zero-order valence-electron chi connectivity index (χ0n) is 21.0. The molecule has 36 heavy (non-hydrogen) atoms. The molecule has 1 heterocycles. The highest BCUT2D eigenvalue weighted by Gasteiger charge is 2.22. The zero-order valence-corrected chi connectivity index (χ0v) is 21.0. The first kappa shape index (κ1) is 25.2. The molecule has 2 aromatic carbocycles. The summed E-state index contributed by atoms with van der Waals surface area (Å²) in [5.74, 6) is 3.02. The minimum absolute atomic E-state index is 0.0683. The lowest BCUT2D eigenvalue weighted by molar-refractivity contribution is -0.129. The van der Waals surface area contributed by atoms with Crippen LogP contribution in [0, 0.1) is 5.92 Å². The lowest BCUT2D eigenvalue weighted by atomic mass is 10.1. The third kappa shape index (κ3) is 6.62. The number of aromatic amines is 1. The SMILES string of the molecule is COc1ccc(CCN(C)C(=O)CCc2nnc(-c3cccc(OCC4CC4)c3)[nH]c2=O)cc1OC. The van der Waals surface area contributed by atoms with Crippen molar-refractivity contribution in [3.05, 3.63) is 64.1 Å². The molecule has 1 amide bonds. The van der Waals surface area contributed by atoms with Gasteiger partial charge < -0.3 is 24.1 Å². The summed E-state index contributed by atoms with van der Waals surface area (Å²) in [6.45, 7) is 1.25. The van der Waals surface area contributed by atoms with Crippen molar-refractivity contribution in [2.24, 2.45) is 5.92 Å². The summed E-state index contributed by atoms with van der Waals surface area (Å²) >= 11 is 0. The van der Waals surface area contributed by atoms with Gasteiger partial charge in [0.1, 0.15) is 11.4 Å². The number of nitrogens with zero attached hydrogens (tertiary/aromatic N) is 3. The van der Waals surface area contributed by atoms with E-state index in [0.717, 1.165) is 16.9 Å². The first-order valence-corrected chi connectivity index (χ1v) is 12.1. The molecule has 1 saturated carbocycles. The van der Waals surface area contributed by atoms with Gasteiger partial charge >= 0.3 is 0 Å². The second kappa shape index (κ2) is 11.7. The number of ether oxygens (including phenoxy) is 3. The van der Waals surface area contributed by atoms with Crippen molar-refractivity contribution in [2.45, 2.75) is 32.1 Å². The second-order valence-electron chi connectivity index (χ2n) is 8.99. The summed E-state index contributed by atoms with van der Waals surface area (Å²) in [6, 6.07) is 13.1. The Morgan fingerprint density at radius 3 is 2.58 bits per heavy atom. The molecule has 0 saturated heterocycles. The normalized spacial score (nSPS) is 12.8. The van der Waals surface area contributed by atoms with Crippen molar-refractivity contribution in [1.82, 2.24) is 20.1 Å². The molecule has 0 aliphatic heterocycles. The maximum Gasteiger partial charge on any atom is 0.273 e. The van der Waals surface area contributed by atoms with Crippen molar-refractivity contribution < 1.29 is 19.0 Å². The number of nitrogens with one attached hydrogen (secondary N) is 1. The van der Waals surface area contributed by atoms with Crippen LogP contribution in [0.15, 0.2) is 47.3 Å². The number of likely N-dealkylation sites (N-methyl/N-ethyl adjacent to an activating group) is 1. The Balaban J connectivity index is 1.30. The van der Waals surface area contributed by atoms with E-state index < -0.39 is 0 Å². The van der Waals surface area contributed by atoms with Crippen molar-refractivity contribution in [2.75, 3.05) is 34.4 Å². The maximum absolute atomic E-state index is 12.6. The van der Waals surface area contributed by atoms with Crippen LogP contribution in [0.2, 0.25) is 0 Å². The molecule has 1 fully saturated rings. The van der Waals surface area contributed by atoms with Gasteiger partial charge in [0.25, 0.3) is 5.56 Å². The van der Waals surface area contributed by atoms with Crippen LogP contribution in [0.1, 0.15) is 30.5 Å². The van der Waals surface area contributed by atoms with Gasteiger partial charge in [-0.3, -0.25) is 9.59 Å². The molecule has 1 aliphatic rings. The summed E-state index contributed by atoms with van der Waals surface area (Å²) in [6.07, 6.45) is 3.49. The summed E-state index contributed by atoms with van der Waals surface area (Å²) in [7, 11) is 4.94. The van der Waals surface area contributed by atoms with Gasteiger partial charge in [-0.2, -0.15) is 0 Å². The summed E-state index contributed by atoms with van der Waals surface area (Å²) in [5.41, 5.74) is 1.66. The lowest BCUT2D eigenvalue weighted by Gasteiger charge is -2.17. The Hall–Kier alpha value is -3.88. The monoisotopic (exact) mass is 492 g/mol. The van der Waals surface area contributed by atoms with Gasteiger partial charge in [0.2, 0.25) is 5.91 Å². The van der Waals surface area contributed by atoms with E-state index in [2.05, 4.69) is 15.2 Å². The smallest absolute Gasteiger partial charge is 0.273 e. The van der Waals surface area contributed by atoms with Crippen LogP contribution in [0.25, 0.3) is 11.4 Å². The average molecular weight is 493 g/mol. The molecular weight excluding hydrogens is 460 g/mol. The van der Waals surface area contributed by atoms with Crippen molar-refractivity contribution in [1.29, 1.82) is 0 Å². The minimum atomic E-state index is -0.343. The number of benzene rings is 2. The van der Waals surface area contributed by atoms with Gasteiger partial charge in [-0.1, -0.05) is 18.2 Å². The molecule has 0 atom stereocenters. The molecule has 1 N–H and O–H groups in total. The van der Waals surface area contributed by atoms with Gasteiger partial charge in [0, 0.05) is 32.0 Å². The third-order valence-electron chi connectivity index (χ3n) is 6.24. The Morgan fingerprint density at radius 1 is 1.06 bits per heavy atom. The molecule has 1 aliphatic carbocycles. The molecule has 4 rings (SSSR count). The standard InChI is InChI=1S/C27H32N4O5/c1-31(14-13-18-9-11-23(34-2)24(15-18)35-3)25(32)12-10-22-27(33)28-26(30-29-22)20-5-4-6-21(16-20)36-17-19-7-8-19/h4-6,9,11,15-16,19H,7-8,10,12-14,17H2,1-3H3,(H,28,30,33). The number of carbonyl (C=O) groups is 1. The number of hydrogen-bond acceptors (Lipinski definition) is 7. The van der Waals surface area contributed by atoms with E-state index in [4.69, 9.17) is 14.2 Å². The van der Waals surface area contributed by atoms with E-state index >= 15 is 0 Å². The number of aryl methyl sites for hydroxylation is 1. The number of amides is 1. The number of H-pyrrole nitrogens is 1. The highest BCUT2D eigenvalue weighted by Crippen LogP contribution is 2.30. The van der Waals surface area contributed by atoms with E-state index in [0.29, 0.717) is 42.8 Å². The van der Waals surface area contributed by atoms with Gasteiger partial charge in [-0.25, -0.2) is 0 Å². The Bertz CT molecular complexity index is 1250. The second-order valence-corrected chi connectivity index (χ2v) is 8.99. The fraction of sp³-hybridized carbons (Fsp3) is 0.407. The van der Waals surface area contributed by atoms with Crippen molar-refractivity contribution >= 4 is 5.91 Å². The quantitative estimate of drug-likeness (QED) is 0.414. The summed E-state index contributed by atoms with van der Waals surface area (Å²) in [4.78, 5) is 29.6. The van der Waals surface area contributed by atoms with Crippen LogP contribution in [-0.2, 0) is 17.6 Å². The Kier molecular flexibility index (Phi) is 8.20. The van der Waals surface area contributed by atoms with Crippen LogP contribution >= 0.6 is 0 Å². The first-order valence-electron chi connectivity index (χ1n) is 12.1. The largest absolute Gasteiger partial charge is 0.493 e. The van der Waals surface area contributed by atoms with Gasteiger partial charge in [0.15, 0.2) is 17.3 Å².